The van der Waals surface area contributed by atoms with Crippen LogP contribution in [-0.4, -0.2) is 60.4 Å². The van der Waals surface area contributed by atoms with Crippen molar-refractivity contribution in [2.24, 2.45) is 5.92 Å². The second kappa shape index (κ2) is 46.3. The molecule has 0 saturated carbocycles. The quantitative estimate of drug-likeness (QED) is 0.0362. The molecule has 0 fully saturated rings. The van der Waals surface area contributed by atoms with E-state index in [0.29, 0.717) is 38.5 Å². The van der Waals surface area contributed by atoms with Crippen LogP contribution in [0, 0.1) is 5.92 Å². The average Bonchev–Trinajstić information content (AvgIpc) is 3.26. The molecule has 8 heteroatoms. The van der Waals surface area contributed by atoms with Gasteiger partial charge in [-0.2, -0.15) is 0 Å². The number of rotatable bonds is 38. The first-order chi connectivity index (χ1) is 30.0. The average molecular weight is 841 g/mol. The molecule has 0 atom stereocenters. The van der Waals surface area contributed by atoms with Gasteiger partial charge in [0.25, 0.3) is 0 Å². The predicted octanol–water partition coefficient (Wildman–Crippen LogP) is 11.5. The molecule has 0 aromatic heterocycles. The first-order valence-corrected chi connectivity index (χ1v) is 22.7. The second-order valence-electron chi connectivity index (χ2n) is 14.3. The Bertz CT molecular complexity index is 1360. The SMILES string of the molecule is CC/C=C\C/C=C\C/C=C\C/C=C\C/C=C\C/C=C\CCC(=O)NCCC(CCNC(=O)CC/C=C\C/C=C\C/C=C\C/C=C\C/C=C\C/C=C\CC)C(=O)OC(CO)CO. The number of carbonyl (C=O) groups is 3. The van der Waals surface area contributed by atoms with Gasteiger partial charge >= 0.3 is 5.97 Å². The summed E-state index contributed by atoms with van der Waals surface area (Å²) in [5.41, 5.74) is 0. The molecule has 0 radical (unpaired) electrons. The molecule has 4 N–H and O–H groups in total. The van der Waals surface area contributed by atoms with E-state index in [2.05, 4.69) is 146 Å². The molecule has 0 aliphatic carbocycles. The van der Waals surface area contributed by atoms with Gasteiger partial charge in [0.2, 0.25) is 11.8 Å². The van der Waals surface area contributed by atoms with E-state index < -0.39 is 31.2 Å². The summed E-state index contributed by atoms with van der Waals surface area (Å²) in [5.74, 6) is -1.42. The third kappa shape index (κ3) is 41.7. The lowest BCUT2D eigenvalue weighted by atomic mass is 10.0. The highest BCUT2D eigenvalue weighted by atomic mass is 16.6. The summed E-state index contributed by atoms with van der Waals surface area (Å²) >= 11 is 0. The Morgan fingerprint density at radius 2 is 0.689 bits per heavy atom. The number of hydrogen-bond donors (Lipinski definition) is 4. The molecule has 0 bridgehead atoms. The molecule has 0 aromatic carbocycles. The van der Waals surface area contributed by atoms with E-state index >= 15 is 0 Å². The Morgan fingerprint density at radius 3 is 0.951 bits per heavy atom. The van der Waals surface area contributed by atoms with Crippen molar-refractivity contribution < 1.29 is 29.3 Å². The van der Waals surface area contributed by atoms with Crippen LogP contribution in [0.2, 0.25) is 0 Å². The number of esters is 1. The van der Waals surface area contributed by atoms with E-state index in [1.165, 1.54) is 0 Å². The van der Waals surface area contributed by atoms with E-state index in [-0.39, 0.29) is 24.9 Å². The minimum Gasteiger partial charge on any atom is -0.457 e. The zero-order valence-corrected chi connectivity index (χ0v) is 37.6. The fraction of sp³-hybridized carbons (Fsp3) is 0.491. The van der Waals surface area contributed by atoms with Gasteiger partial charge in [-0.1, -0.05) is 160 Å². The van der Waals surface area contributed by atoms with Crippen molar-refractivity contribution in [1.29, 1.82) is 0 Å². The van der Waals surface area contributed by atoms with Gasteiger partial charge in [-0.3, -0.25) is 14.4 Å². The molecule has 0 saturated heterocycles. The summed E-state index contributed by atoms with van der Waals surface area (Å²) in [5, 5.41) is 24.5. The Balaban J connectivity index is 4.31. The number of aliphatic hydroxyl groups excluding tert-OH is 2. The summed E-state index contributed by atoms with van der Waals surface area (Å²) in [6, 6.07) is 0. The van der Waals surface area contributed by atoms with Gasteiger partial charge in [-0.15, -0.1) is 0 Å². The highest BCUT2D eigenvalue weighted by Gasteiger charge is 2.23. The second-order valence-corrected chi connectivity index (χ2v) is 14.3. The van der Waals surface area contributed by atoms with E-state index in [9.17, 15) is 24.6 Å². The van der Waals surface area contributed by atoms with Crippen molar-refractivity contribution in [3.8, 4) is 0 Å². The maximum atomic E-state index is 12.8. The lowest BCUT2D eigenvalue weighted by Gasteiger charge is -2.20. The van der Waals surface area contributed by atoms with Crippen molar-refractivity contribution >= 4 is 17.8 Å². The number of aliphatic hydroxyl groups is 2. The molecule has 0 aliphatic rings. The molecule has 0 aliphatic heterocycles. The van der Waals surface area contributed by atoms with Crippen LogP contribution in [0.15, 0.2) is 146 Å². The highest BCUT2D eigenvalue weighted by Crippen LogP contribution is 2.12. The van der Waals surface area contributed by atoms with Crippen molar-refractivity contribution in [2.75, 3.05) is 26.3 Å². The fourth-order valence-corrected chi connectivity index (χ4v) is 5.43. The van der Waals surface area contributed by atoms with Crippen molar-refractivity contribution in [2.45, 2.75) is 136 Å². The van der Waals surface area contributed by atoms with E-state index in [1.807, 2.05) is 24.3 Å². The van der Waals surface area contributed by atoms with Gasteiger partial charge in [0.1, 0.15) is 6.10 Å². The maximum absolute atomic E-state index is 12.8. The topological polar surface area (TPSA) is 125 Å². The molecule has 61 heavy (non-hydrogen) atoms. The Hall–Kier alpha value is -4.79. The number of nitrogens with one attached hydrogen (secondary N) is 2. The summed E-state index contributed by atoms with van der Waals surface area (Å²) in [6.07, 6.45) is 64.4. The van der Waals surface area contributed by atoms with Gasteiger partial charge in [-0.05, 0) is 103 Å². The molecule has 0 rings (SSSR count). The molecule has 0 spiro atoms. The van der Waals surface area contributed by atoms with Gasteiger partial charge in [0.05, 0.1) is 19.1 Å². The van der Waals surface area contributed by atoms with Crippen LogP contribution >= 0.6 is 0 Å². The lowest BCUT2D eigenvalue weighted by Crippen LogP contribution is -2.34. The van der Waals surface area contributed by atoms with Crippen LogP contribution in [0.1, 0.15) is 129 Å². The van der Waals surface area contributed by atoms with Crippen molar-refractivity contribution in [3.63, 3.8) is 0 Å². The zero-order chi connectivity index (χ0) is 44.5. The van der Waals surface area contributed by atoms with Gasteiger partial charge in [-0.25, -0.2) is 0 Å². The van der Waals surface area contributed by atoms with Crippen LogP contribution < -0.4 is 10.6 Å². The molecule has 338 valence electrons. The number of hydrogen-bond acceptors (Lipinski definition) is 6. The maximum Gasteiger partial charge on any atom is 0.309 e. The first-order valence-electron chi connectivity index (χ1n) is 22.7. The Morgan fingerprint density at radius 1 is 0.426 bits per heavy atom. The number of amides is 2. The zero-order valence-electron chi connectivity index (χ0n) is 37.6. The van der Waals surface area contributed by atoms with Crippen LogP contribution in [0.25, 0.3) is 0 Å². The van der Waals surface area contributed by atoms with E-state index in [0.717, 1.165) is 77.0 Å². The number of ether oxygens (including phenoxy) is 1. The van der Waals surface area contributed by atoms with Crippen LogP contribution in [-0.2, 0) is 19.1 Å². The third-order valence-electron chi connectivity index (χ3n) is 8.92. The highest BCUT2D eigenvalue weighted by molar-refractivity contribution is 5.77. The van der Waals surface area contributed by atoms with Gasteiger partial charge in [0, 0.05) is 25.9 Å². The monoisotopic (exact) mass is 841 g/mol. The normalized spacial score (nSPS) is 13.1. The summed E-state index contributed by atoms with van der Waals surface area (Å²) in [7, 11) is 0. The summed E-state index contributed by atoms with van der Waals surface area (Å²) in [6.45, 7) is 3.82. The van der Waals surface area contributed by atoms with Crippen molar-refractivity contribution in [3.05, 3.63) is 146 Å². The largest absolute Gasteiger partial charge is 0.457 e. The molecular formula is C53H80N2O6. The summed E-state index contributed by atoms with van der Waals surface area (Å²) in [4.78, 5) is 37.7. The molecule has 8 nitrogen and oxygen atoms in total. The predicted molar refractivity (Wildman–Crippen MR) is 258 cm³/mol. The molecule has 2 amide bonds. The minimum absolute atomic E-state index is 0.113. The summed E-state index contributed by atoms with van der Waals surface area (Å²) < 4.78 is 5.26. The Labute approximate surface area is 370 Å². The lowest BCUT2D eigenvalue weighted by molar-refractivity contribution is -0.159. The standard InChI is InChI=1S/C53H80N2O6/c1-3-5-7-9-11-13-15-17-19-21-23-25-27-29-31-33-35-37-39-41-51(58)54-45-43-49(53(60)61-50(47-56)48-57)44-46-55-52(59)42-40-38-36-34-32-30-28-26-24-22-20-18-16-14-12-10-8-6-4-2/h5-8,11-14,17-20,23-26,29-32,35-38,49-50,56-57H,3-4,9-10,15-16,21-22,27-28,33-34,39-48H2,1-2H3,(H,54,58)(H,55,59)/b7-5-,8-6-,13-11-,14-12-,19-17-,20-18-,25-23-,26-24-,31-29-,32-30-,37-35-,38-36-. The fourth-order valence-electron chi connectivity index (χ4n) is 5.43. The first kappa shape index (κ1) is 56.2. The van der Waals surface area contributed by atoms with E-state index in [1.54, 1.807) is 0 Å². The number of allylic oxidation sites excluding steroid dienone is 24. The molecular weight excluding hydrogens is 761 g/mol. The Kier molecular flexibility index (Phi) is 42.6. The van der Waals surface area contributed by atoms with Crippen LogP contribution in [0.5, 0.6) is 0 Å². The van der Waals surface area contributed by atoms with E-state index in [4.69, 9.17) is 4.74 Å². The van der Waals surface area contributed by atoms with Gasteiger partial charge in [0.15, 0.2) is 0 Å². The van der Waals surface area contributed by atoms with Crippen LogP contribution in [0.4, 0.5) is 0 Å². The van der Waals surface area contributed by atoms with Crippen molar-refractivity contribution in [1.82, 2.24) is 10.6 Å². The minimum atomic E-state index is -1.01. The van der Waals surface area contributed by atoms with Gasteiger partial charge < -0.3 is 25.6 Å². The molecule has 0 aromatic rings. The number of carbonyl (C=O) groups excluding carboxylic acids is 3. The van der Waals surface area contributed by atoms with Crippen LogP contribution in [0.3, 0.4) is 0 Å². The molecule has 0 unspecified atom stereocenters. The third-order valence-corrected chi connectivity index (χ3v) is 8.92. The smallest absolute Gasteiger partial charge is 0.309 e. The molecule has 0 heterocycles.